The second-order valence-corrected chi connectivity index (χ2v) is 4.42. The van der Waals surface area contributed by atoms with E-state index in [1.807, 2.05) is 24.3 Å². The van der Waals surface area contributed by atoms with Crippen LogP contribution in [0.4, 0.5) is 0 Å². The van der Waals surface area contributed by atoms with E-state index >= 15 is 0 Å². The maximum absolute atomic E-state index is 10.7. The predicted octanol–water partition coefficient (Wildman–Crippen LogP) is 2.83. The van der Waals surface area contributed by atoms with Crippen LogP contribution in [0.1, 0.15) is 30.4 Å². The fourth-order valence-electron chi connectivity index (χ4n) is 1.85. The first kappa shape index (κ1) is 15.0. The van der Waals surface area contributed by atoms with E-state index in [4.69, 9.17) is 10.2 Å². The minimum absolute atomic E-state index is 0.176. The van der Waals surface area contributed by atoms with E-state index in [2.05, 4.69) is 6.58 Å². The lowest BCUT2D eigenvalue weighted by atomic mass is 9.99. The Labute approximate surface area is 112 Å². The average Bonchev–Trinajstić information content (AvgIpc) is 2.38. The maximum atomic E-state index is 10.7. The van der Waals surface area contributed by atoms with Gasteiger partial charge in [-0.2, -0.15) is 0 Å². The van der Waals surface area contributed by atoms with Gasteiger partial charge in [-0.1, -0.05) is 43.3 Å². The van der Waals surface area contributed by atoms with Gasteiger partial charge in [0.1, 0.15) is 0 Å². The van der Waals surface area contributed by atoms with Crippen molar-refractivity contribution in [3.63, 3.8) is 0 Å². The number of aryl methyl sites for hydroxylation is 1. The summed E-state index contributed by atoms with van der Waals surface area (Å²) < 4.78 is 0. The van der Waals surface area contributed by atoms with Crippen LogP contribution >= 0.6 is 0 Å². The van der Waals surface area contributed by atoms with E-state index in [1.54, 1.807) is 6.08 Å². The quantitative estimate of drug-likeness (QED) is 0.558. The molecule has 0 spiro atoms. The van der Waals surface area contributed by atoms with Crippen LogP contribution in [-0.4, -0.2) is 22.2 Å². The maximum Gasteiger partial charge on any atom is 0.317 e. The Kier molecular flexibility index (Phi) is 5.79. The Morgan fingerprint density at radius 2 is 1.68 bits per heavy atom. The average molecular weight is 262 g/mol. The summed E-state index contributed by atoms with van der Waals surface area (Å²) in [5, 5.41) is 17.5. The highest BCUT2D eigenvalue weighted by Crippen LogP contribution is 2.13. The molecule has 0 aliphatic heterocycles. The van der Waals surface area contributed by atoms with E-state index in [0.717, 1.165) is 24.0 Å². The van der Waals surface area contributed by atoms with Crippen LogP contribution in [0, 0.1) is 5.92 Å². The van der Waals surface area contributed by atoms with Crippen molar-refractivity contribution >= 4 is 18.0 Å². The van der Waals surface area contributed by atoms with Gasteiger partial charge in [0.05, 0.1) is 0 Å². The summed E-state index contributed by atoms with van der Waals surface area (Å²) in [6.45, 7) is 3.68. The van der Waals surface area contributed by atoms with Crippen LogP contribution in [0.25, 0.3) is 6.08 Å². The molecule has 1 aromatic carbocycles. The topological polar surface area (TPSA) is 74.6 Å². The second kappa shape index (κ2) is 7.36. The molecule has 0 aliphatic rings. The molecule has 2 N–H and O–H groups in total. The lowest BCUT2D eigenvalue weighted by Crippen LogP contribution is -2.23. The molecule has 0 fully saturated rings. The zero-order valence-electron chi connectivity index (χ0n) is 10.7. The number of carbonyl (C=O) groups is 2. The first-order chi connectivity index (χ1) is 9.04. The Hall–Kier alpha value is -2.10. The van der Waals surface area contributed by atoms with Gasteiger partial charge in [0.15, 0.2) is 5.92 Å². The Morgan fingerprint density at radius 3 is 2.16 bits per heavy atom. The molecule has 0 radical (unpaired) electrons. The highest BCUT2D eigenvalue weighted by Gasteiger charge is 2.24. The van der Waals surface area contributed by atoms with Crippen LogP contribution in [0.5, 0.6) is 0 Å². The van der Waals surface area contributed by atoms with Crippen molar-refractivity contribution in [3.05, 3.63) is 42.0 Å². The molecule has 0 saturated heterocycles. The SMILES string of the molecule is C=Cc1ccc(CCCCC(C(=O)O)C(=O)O)cc1. The molecule has 4 heteroatoms. The van der Waals surface area contributed by atoms with Crippen LogP contribution in [0.3, 0.4) is 0 Å². The van der Waals surface area contributed by atoms with Crippen molar-refractivity contribution in [1.82, 2.24) is 0 Å². The van der Waals surface area contributed by atoms with Gasteiger partial charge >= 0.3 is 11.9 Å². The molecule has 102 valence electrons. The van der Waals surface area contributed by atoms with Crippen LogP contribution < -0.4 is 0 Å². The number of unbranched alkanes of at least 4 members (excludes halogenated alkanes) is 1. The summed E-state index contributed by atoms with van der Waals surface area (Å²) in [5.41, 5.74) is 2.22. The first-order valence-corrected chi connectivity index (χ1v) is 6.21. The van der Waals surface area contributed by atoms with Gasteiger partial charge in [-0.15, -0.1) is 0 Å². The molecule has 1 rings (SSSR count). The van der Waals surface area contributed by atoms with Crippen molar-refractivity contribution in [2.24, 2.45) is 5.92 Å². The minimum Gasteiger partial charge on any atom is -0.481 e. The number of carboxylic acids is 2. The van der Waals surface area contributed by atoms with E-state index < -0.39 is 17.9 Å². The minimum atomic E-state index is -1.29. The molecule has 0 aromatic heterocycles. The summed E-state index contributed by atoms with van der Waals surface area (Å²) >= 11 is 0. The Morgan fingerprint density at radius 1 is 1.11 bits per heavy atom. The van der Waals surface area contributed by atoms with Crippen molar-refractivity contribution in [3.8, 4) is 0 Å². The van der Waals surface area contributed by atoms with Crippen molar-refractivity contribution < 1.29 is 19.8 Å². The van der Waals surface area contributed by atoms with Crippen LogP contribution in [0.15, 0.2) is 30.8 Å². The van der Waals surface area contributed by atoms with E-state index in [-0.39, 0.29) is 6.42 Å². The molecule has 4 nitrogen and oxygen atoms in total. The Balaban J connectivity index is 2.35. The summed E-state index contributed by atoms with van der Waals surface area (Å²) in [4.78, 5) is 21.4. The lowest BCUT2D eigenvalue weighted by Gasteiger charge is -2.07. The van der Waals surface area contributed by atoms with Gasteiger partial charge in [0.2, 0.25) is 0 Å². The molecule has 0 heterocycles. The van der Waals surface area contributed by atoms with Gasteiger partial charge in [-0.25, -0.2) is 0 Å². The summed E-state index contributed by atoms with van der Waals surface area (Å²) in [5.74, 6) is -3.81. The van der Waals surface area contributed by atoms with Gasteiger partial charge in [-0.3, -0.25) is 9.59 Å². The number of benzene rings is 1. The third-order valence-electron chi connectivity index (χ3n) is 3.02. The largest absolute Gasteiger partial charge is 0.481 e. The van der Waals surface area contributed by atoms with E-state index in [1.165, 1.54) is 0 Å². The standard InChI is InChI=1S/C15H18O4/c1-2-11-7-9-12(10-8-11)5-3-4-6-13(14(16)17)15(18)19/h2,7-10,13H,1,3-6H2,(H,16,17)(H,18,19). The molecule has 0 aliphatic carbocycles. The van der Waals surface area contributed by atoms with Gasteiger partial charge < -0.3 is 10.2 Å². The van der Waals surface area contributed by atoms with Crippen molar-refractivity contribution in [2.75, 3.05) is 0 Å². The van der Waals surface area contributed by atoms with Crippen molar-refractivity contribution in [1.29, 1.82) is 0 Å². The summed E-state index contributed by atoms with van der Waals surface area (Å²) in [7, 11) is 0. The third-order valence-corrected chi connectivity index (χ3v) is 3.02. The van der Waals surface area contributed by atoms with Gasteiger partial charge in [-0.05, 0) is 30.4 Å². The monoisotopic (exact) mass is 262 g/mol. The summed E-state index contributed by atoms with van der Waals surface area (Å²) in [6, 6.07) is 7.95. The van der Waals surface area contributed by atoms with E-state index in [0.29, 0.717) is 6.42 Å². The highest BCUT2D eigenvalue weighted by molar-refractivity contribution is 5.92. The molecule has 0 atom stereocenters. The van der Waals surface area contributed by atoms with E-state index in [9.17, 15) is 9.59 Å². The van der Waals surface area contributed by atoms with Gasteiger partial charge in [0.25, 0.3) is 0 Å². The summed E-state index contributed by atoms with van der Waals surface area (Å²) in [6.07, 6.45) is 4.14. The predicted molar refractivity (Wildman–Crippen MR) is 72.8 cm³/mol. The number of hydrogen-bond acceptors (Lipinski definition) is 2. The van der Waals surface area contributed by atoms with Gasteiger partial charge in [0, 0.05) is 0 Å². The zero-order valence-corrected chi connectivity index (χ0v) is 10.7. The number of rotatable bonds is 8. The molecular formula is C15H18O4. The molecule has 0 amide bonds. The number of hydrogen-bond donors (Lipinski definition) is 2. The molecule has 1 aromatic rings. The fourth-order valence-corrected chi connectivity index (χ4v) is 1.85. The van der Waals surface area contributed by atoms with Crippen molar-refractivity contribution in [2.45, 2.75) is 25.7 Å². The zero-order chi connectivity index (χ0) is 14.3. The molecular weight excluding hydrogens is 244 g/mol. The molecule has 0 unspecified atom stereocenters. The second-order valence-electron chi connectivity index (χ2n) is 4.42. The molecule has 0 bridgehead atoms. The normalized spacial score (nSPS) is 10.4. The molecule has 19 heavy (non-hydrogen) atoms. The number of carboxylic acid groups (broad SMARTS) is 2. The smallest absolute Gasteiger partial charge is 0.317 e. The first-order valence-electron chi connectivity index (χ1n) is 6.21. The van der Waals surface area contributed by atoms with Crippen LogP contribution in [0.2, 0.25) is 0 Å². The molecule has 0 saturated carbocycles. The van der Waals surface area contributed by atoms with Crippen LogP contribution in [-0.2, 0) is 16.0 Å². The Bertz CT molecular complexity index is 434. The fraction of sp³-hybridized carbons (Fsp3) is 0.333. The number of aliphatic carboxylic acids is 2. The lowest BCUT2D eigenvalue weighted by molar-refractivity contribution is -0.154. The highest BCUT2D eigenvalue weighted by atomic mass is 16.4. The third kappa shape index (κ3) is 4.95.